The van der Waals surface area contributed by atoms with Gasteiger partial charge in [-0.05, 0) is 12.2 Å². The van der Waals surface area contributed by atoms with Crippen LogP contribution in [0.1, 0.15) is 84.0 Å². The van der Waals surface area contributed by atoms with Gasteiger partial charge in [0.05, 0.1) is 0 Å². The first-order valence-electron chi connectivity index (χ1n) is 7.84. The molecule has 0 atom stereocenters. The Bertz CT molecular complexity index is 319. The summed E-state index contributed by atoms with van der Waals surface area (Å²) in [6, 6.07) is 0. The van der Waals surface area contributed by atoms with Crippen LogP contribution >= 0.6 is 0 Å². The third-order valence-corrected chi connectivity index (χ3v) is 3.21. The van der Waals surface area contributed by atoms with Crippen LogP contribution in [0.3, 0.4) is 0 Å². The van der Waals surface area contributed by atoms with Crippen molar-refractivity contribution in [2.75, 3.05) is 0 Å². The summed E-state index contributed by atoms with van der Waals surface area (Å²) in [5.41, 5.74) is 2.29. The molecule has 0 saturated carbocycles. The Balaban J connectivity index is 3.12. The number of rotatable bonds is 11. The summed E-state index contributed by atoms with van der Waals surface area (Å²) in [5.74, 6) is 7.33. The number of hydrogen-bond donors (Lipinski definition) is 0. The molecule has 0 aliphatic carbocycles. The molecule has 0 rings (SSSR count). The van der Waals surface area contributed by atoms with Crippen molar-refractivity contribution in [1.82, 2.24) is 0 Å². The normalized spacial score (nSPS) is 9.11. The van der Waals surface area contributed by atoms with Gasteiger partial charge < -0.3 is 0 Å². The first-order valence-corrected chi connectivity index (χ1v) is 7.84. The zero-order valence-electron chi connectivity index (χ0n) is 12.5. The fourth-order valence-electron chi connectivity index (χ4n) is 2.07. The Labute approximate surface area is 119 Å². The van der Waals surface area contributed by atoms with E-state index in [-0.39, 0.29) is 0 Å². The SMILES string of the molecule is CCCCCCCCCCCCCC#CC=C=C=O. The van der Waals surface area contributed by atoms with Crippen LogP contribution in [0.4, 0.5) is 0 Å². The second-order valence-corrected chi connectivity index (χ2v) is 5.00. The lowest BCUT2D eigenvalue weighted by molar-refractivity contribution is 0.551. The number of carbonyl (C=O) groups excluding carboxylic acids is 1. The zero-order chi connectivity index (χ0) is 14.0. The van der Waals surface area contributed by atoms with Gasteiger partial charge in [-0.3, -0.25) is 0 Å². The zero-order valence-corrected chi connectivity index (χ0v) is 12.5. The summed E-state index contributed by atoms with van der Waals surface area (Å²) in [6.45, 7) is 2.26. The minimum Gasteiger partial charge on any atom is -0.224 e. The van der Waals surface area contributed by atoms with Gasteiger partial charge in [-0.15, -0.1) is 0 Å². The second-order valence-electron chi connectivity index (χ2n) is 5.00. The van der Waals surface area contributed by atoms with Gasteiger partial charge in [0.15, 0.2) is 5.94 Å². The minimum atomic E-state index is 0.925. The highest BCUT2D eigenvalue weighted by Crippen LogP contribution is 2.11. The predicted molar refractivity (Wildman–Crippen MR) is 82.6 cm³/mol. The summed E-state index contributed by atoms with van der Waals surface area (Å²) in [6.07, 6.45) is 17.3. The maximum Gasteiger partial charge on any atom is 0.177 e. The molecule has 0 aromatic heterocycles. The molecule has 1 nitrogen and oxygen atoms in total. The fourth-order valence-corrected chi connectivity index (χ4v) is 2.07. The van der Waals surface area contributed by atoms with Crippen molar-refractivity contribution in [2.24, 2.45) is 0 Å². The van der Waals surface area contributed by atoms with Gasteiger partial charge in [0.2, 0.25) is 0 Å². The van der Waals surface area contributed by atoms with Crippen LogP contribution in [-0.2, 0) is 4.79 Å². The highest BCUT2D eigenvalue weighted by molar-refractivity contribution is 5.45. The molecule has 0 saturated heterocycles. The standard InChI is InChI=1S/C18H28O/c1-2-3-4-5-6-7-8-9-10-11-12-13-14-15-16-17-18-19/h16H,2-13H2,1H3. The quantitative estimate of drug-likeness (QED) is 0.215. The van der Waals surface area contributed by atoms with Gasteiger partial charge in [0.1, 0.15) is 0 Å². The van der Waals surface area contributed by atoms with E-state index in [4.69, 9.17) is 0 Å². The Hall–Kier alpha value is -1.21. The molecule has 0 spiro atoms. The first kappa shape index (κ1) is 17.8. The topological polar surface area (TPSA) is 17.1 Å². The van der Waals surface area contributed by atoms with E-state index >= 15 is 0 Å². The molecule has 0 radical (unpaired) electrons. The average molecular weight is 260 g/mol. The molecule has 0 amide bonds. The van der Waals surface area contributed by atoms with E-state index in [1.165, 1.54) is 76.7 Å². The van der Waals surface area contributed by atoms with E-state index in [9.17, 15) is 4.79 Å². The summed E-state index contributed by atoms with van der Waals surface area (Å²) in [7, 11) is 0. The fraction of sp³-hybridized carbons (Fsp3) is 0.722. The maximum atomic E-state index is 9.80. The van der Waals surface area contributed by atoms with Gasteiger partial charge in [0, 0.05) is 12.5 Å². The van der Waals surface area contributed by atoms with Crippen molar-refractivity contribution in [3.63, 3.8) is 0 Å². The molecule has 0 heterocycles. The summed E-state index contributed by atoms with van der Waals surface area (Å²) in [5, 5.41) is 0. The van der Waals surface area contributed by atoms with Crippen molar-refractivity contribution >= 4 is 5.94 Å². The molecule has 19 heavy (non-hydrogen) atoms. The van der Waals surface area contributed by atoms with E-state index in [0.717, 1.165) is 6.42 Å². The number of unbranched alkanes of at least 4 members (excludes halogenated alkanes) is 11. The van der Waals surface area contributed by atoms with Gasteiger partial charge in [-0.2, -0.15) is 0 Å². The van der Waals surface area contributed by atoms with Crippen molar-refractivity contribution < 1.29 is 4.79 Å². The van der Waals surface area contributed by atoms with Crippen molar-refractivity contribution in [3.05, 3.63) is 11.8 Å². The largest absolute Gasteiger partial charge is 0.224 e. The molecular weight excluding hydrogens is 232 g/mol. The van der Waals surface area contributed by atoms with Crippen LogP contribution in [-0.4, -0.2) is 5.94 Å². The van der Waals surface area contributed by atoms with Crippen LogP contribution in [0.2, 0.25) is 0 Å². The third kappa shape index (κ3) is 16.8. The van der Waals surface area contributed by atoms with Crippen molar-refractivity contribution in [3.8, 4) is 11.8 Å². The van der Waals surface area contributed by atoms with Gasteiger partial charge >= 0.3 is 0 Å². The summed E-state index contributed by atoms with van der Waals surface area (Å²) < 4.78 is 0. The highest BCUT2D eigenvalue weighted by atomic mass is 16.1. The molecule has 1 heteroatoms. The van der Waals surface area contributed by atoms with E-state index in [1.54, 1.807) is 5.94 Å². The molecule has 0 N–H and O–H groups in total. The lowest BCUT2D eigenvalue weighted by atomic mass is 10.1. The second kappa shape index (κ2) is 16.8. The molecular formula is C18H28O. The molecule has 0 aliphatic rings. The maximum absolute atomic E-state index is 9.80. The van der Waals surface area contributed by atoms with Crippen molar-refractivity contribution in [2.45, 2.75) is 84.0 Å². The van der Waals surface area contributed by atoms with E-state index in [2.05, 4.69) is 24.5 Å². The van der Waals surface area contributed by atoms with Gasteiger partial charge in [0.25, 0.3) is 0 Å². The molecule has 0 aromatic rings. The van der Waals surface area contributed by atoms with Gasteiger partial charge in [-0.1, -0.05) is 83.0 Å². The van der Waals surface area contributed by atoms with Crippen LogP contribution in [0, 0.1) is 11.8 Å². The van der Waals surface area contributed by atoms with E-state index < -0.39 is 0 Å². The lowest BCUT2D eigenvalue weighted by Gasteiger charge is -2.01. The molecule has 0 aromatic carbocycles. The molecule has 0 fully saturated rings. The highest BCUT2D eigenvalue weighted by Gasteiger charge is 1.92. The average Bonchev–Trinajstić information content (AvgIpc) is 2.43. The van der Waals surface area contributed by atoms with Crippen LogP contribution < -0.4 is 0 Å². The Morgan fingerprint density at radius 2 is 1.32 bits per heavy atom. The predicted octanol–water partition coefficient (Wildman–Crippen LogP) is 5.23. The molecule has 106 valence electrons. The smallest absolute Gasteiger partial charge is 0.177 e. The third-order valence-electron chi connectivity index (χ3n) is 3.21. The number of hydrogen-bond acceptors (Lipinski definition) is 1. The van der Waals surface area contributed by atoms with E-state index in [1.807, 2.05) is 0 Å². The lowest BCUT2D eigenvalue weighted by Crippen LogP contribution is -1.82. The van der Waals surface area contributed by atoms with Crippen LogP contribution in [0.25, 0.3) is 0 Å². The monoisotopic (exact) mass is 260 g/mol. The molecule has 0 unspecified atom stereocenters. The van der Waals surface area contributed by atoms with Crippen molar-refractivity contribution in [1.29, 1.82) is 0 Å². The molecule has 0 aliphatic heterocycles. The number of allylic oxidation sites excluding steroid dienone is 1. The summed E-state index contributed by atoms with van der Waals surface area (Å²) >= 11 is 0. The van der Waals surface area contributed by atoms with E-state index in [0.29, 0.717) is 0 Å². The summed E-state index contributed by atoms with van der Waals surface area (Å²) in [4.78, 5) is 9.80. The first-order chi connectivity index (χ1) is 9.41. The van der Waals surface area contributed by atoms with Crippen LogP contribution in [0.5, 0.6) is 0 Å². The Kier molecular flexibility index (Phi) is 15.7. The molecule has 0 bridgehead atoms. The Morgan fingerprint density at radius 1 is 0.789 bits per heavy atom. The minimum absolute atomic E-state index is 0.925. The van der Waals surface area contributed by atoms with Crippen LogP contribution in [0.15, 0.2) is 11.8 Å². The Morgan fingerprint density at radius 3 is 1.84 bits per heavy atom. The van der Waals surface area contributed by atoms with Gasteiger partial charge in [-0.25, -0.2) is 4.79 Å².